The lowest BCUT2D eigenvalue weighted by Gasteiger charge is -2.09. The molecule has 0 aliphatic heterocycles. The summed E-state index contributed by atoms with van der Waals surface area (Å²) in [6, 6.07) is 9.60. The smallest absolute Gasteiger partial charge is 0.229 e. The Morgan fingerprint density at radius 2 is 1.90 bits per heavy atom. The standard InChI is InChI=1S/C16H18N4O/c1-9(2)16-19-15(20-21-16)14(17)12-6-7-13-11(8-12)5-4-10(3)18-13/h4-9,14H,17H2,1-3H3. The van der Waals surface area contributed by atoms with Gasteiger partial charge in [0.05, 0.1) is 11.6 Å². The van der Waals surface area contributed by atoms with Crippen LogP contribution in [0.15, 0.2) is 34.9 Å². The summed E-state index contributed by atoms with van der Waals surface area (Å²) in [6.07, 6.45) is 0. The van der Waals surface area contributed by atoms with Crippen molar-refractivity contribution in [1.29, 1.82) is 0 Å². The first-order chi connectivity index (χ1) is 10.0. The average Bonchev–Trinajstić information content (AvgIpc) is 2.96. The van der Waals surface area contributed by atoms with Crippen molar-refractivity contribution in [1.82, 2.24) is 15.1 Å². The van der Waals surface area contributed by atoms with Gasteiger partial charge < -0.3 is 10.3 Å². The van der Waals surface area contributed by atoms with Crippen LogP contribution in [0.4, 0.5) is 0 Å². The number of pyridine rings is 1. The number of aromatic nitrogens is 3. The zero-order chi connectivity index (χ0) is 15.0. The first-order valence-electron chi connectivity index (χ1n) is 7.01. The van der Waals surface area contributed by atoms with Gasteiger partial charge in [-0.1, -0.05) is 31.1 Å². The van der Waals surface area contributed by atoms with E-state index in [4.69, 9.17) is 10.3 Å². The third-order valence-corrected chi connectivity index (χ3v) is 3.44. The molecule has 108 valence electrons. The minimum Gasteiger partial charge on any atom is -0.339 e. The van der Waals surface area contributed by atoms with Crippen LogP contribution < -0.4 is 5.73 Å². The second-order valence-electron chi connectivity index (χ2n) is 5.53. The number of nitrogens with zero attached hydrogens (tertiary/aromatic N) is 3. The van der Waals surface area contributed by atoms with Crippen molar-refractivity contribution in [3.05, 3.63) is 53.3 Å². The van der Waals surface area contributed by atoms with Gasteiger partial charge in [0.15, 0.2) is 5.82 Å². The molecule has 2 N–H and O–H groups in total. The fraction of sp³-hybridized carbons (Fsp3) is 0.312. The van der Waals surface area contributed by atoms with Crippen LogP contribution in [-0.2, 0) is 0 Å². The van der Waals surface area contributed by atoms with Crippen LogP contribution in [0.2, 0.25) is 0 Å². The summed E-state index contributed by atoms with van der Waals surface area (Å²) in [5.41, 5.74) is 9.15. The van der Waals surface area contributed by atoms with Crippen molar-refractivity contribution >= 4 is 10.9 Å². The Kier molecular flexibility index (Phi) is 3.43. The van der Waals surface area contributed by atoms with Gasteiger partial charge in [-0.25, -0.2) is 0 Å². The molecule has 2 heterocycles. The van der Waals surface area contributed by atoms with E-state index in [1.54, 1.807) is 0 Å². The summed E-state index contributed by atoms with van der Waals surface area (Å²) < 4.78 is 5.22. The molecule has 21 heavy (non-hydrogen) atoms. The number of aryl methyl sites for hydroxylation is 1. The highest BCUT2D eigenvalue weighted by Gasteiger charge is 2.18. The number of rotatable bonds is 3. The fourth-order valence-electron chi connectivity index (χ4n) is 2.20. The fourth-order valence-corrected chi connectivity index (χ4v) is 2.20. The van der Waals surface area contributed by atoms with Gasteiger partial charge in [0, 0.05) is 17.0 Å². The van der Waals surface area contributed by atoms with E-state index < -0.39 is 6.04 Å². The molecule has 1 unspecified atom stereocenters. The minimum absolute atomic E-state index is 0.197. The number of fused-ring (bicyclic) bond motifs is 1. The molecule has 5 nitrogen and oxygen atoms in total. The Morgan fingerprint density at radius 3 is 2.62 bits per heavy atom. The van der Waals surface area contributed by atoms with Crippen LogP contribution >= 0.6 is 0 Å². The predicted octanol–water partition coefficient (Wildman–Crippen LogP) is 3.10. The second kappa shape index (κ2) is 5.26. The van der Waals surface area contributed by atoms with E-state index in [1.165, 1.54) is 0 Å². The normalized spacial score (nSPS) is 13.0. The summed E-state index contributed by atoms with van der Waals surface area (Å²) in [5, 5.41) is 5.04. The van der Waals surface area contributed by atoms with Crippen molar-refractivity contribution < 1.29 is 4.52 Å². The maximum absolute atomic E-state index is 6.25. The first kappa shape index (κ1) is 13.7. The number of hydrogen-bond acceptors (Lipinski definition) is 5. The maximum Gasteiger partial charge on any atom is 0.229 e. The number of hydrogen-bond donors (Lipinski definition) is 1. The van der Waals surface area contributed by atoms with Gasteiger partial charge in [-0.2, -0.15) is 4.98 Å². The first-order valence-corrected chi connectivity index (χ1v) is 7.01. The zero-order valence-corrected chi connectivity index (χ0v) is 12.4. The molecule has 0 saturated heterocycles. The molecule has 3 aromatic rings. The molecule has 3 rings (SSSR count). The molecule has 0 fully saturated rings. The van der Waals surface area contributed by atoms with Gasteiger partial charge in [0.1, 0.15) is 0 Å². The van der Waals surface area contributed by atoms with E-state index in [-0.39, 0.29) is 5.92 Å². The van der Waals surface area contributed by atoms with E-state index >= 15 is 0 Å². The van der Waals surface area contributed by atoms with Crippen LogP contribution in [0.25, 0.3) is 10.9 Å². The molecule has 5 heteroatoms. The molecule has 0 aliphatic carbocycles. The summed E-state index contributed by atoms with van der Waals surface area (Å²) in [4.78, 5) is 8.85. The second-order valence-corrected chi connectivity index (χ2v) is 5.53. The average molecular weight is 282 g/mol. The molecule has 0 bridgehead atoms. The Morgan fingerprint density at radius 1 is 1.10 bits per heavy atom. The van der Waals surface area contributed by atoms with Crippen LogP contribution in [0.3, 0.4) is 0 Å². The van der Waals surface area contributed by atoms with E-state index in [0.717, 1.165) is 22.2 Å². The summed E-state index contributed by atoms with van der Waals surface area (Å²) >= 11 is 0. The lowest BCUT2D eigenvalue weighted by molar-refractivity contribution is 0.359. The Balaban J connectivity index is 1.96. The topological polar surface area (TPSA) is 77.8 Å². The highest BCUT2D eigenvalue weighted by atomic mass is 16.5. The van der Waals surface area contributed by atoms with Crippen LogP contribution in [0, 0.1) is 6.92 Å². The Hall–Kier alpha value is -2.27. The van der Waals surface area contributed by atoms with Gasteiger partial charge in [-0.3, -0.25) is 4.98 Å². The van der Waals surface area contributed by atoms with Crippen molar-refractivity contribution in [2.45, 2.75) is 32.7 Å². The summed E-state index contributed by atoms with van der Waals surface area (Å²) in [6.45, 7) is 5.99. The molecule has 1 atom stereocenters. The van der Waals surface area contributed by atoms with E-state index in [0.29, 0.717) is 11.7 Å². The molecular weight excluding hydrogens is 264 g/mol. The lowest BCUT2D eigenvalue weighted by atomic mass is 10.0. The molecule has 2 aromatic heterocycles. The van der Waals surface area contributed by atoms with Gasteiger partial charge >= 0.3 is 0 Å². The Labute approximate surface area is 123 Å². The third kappa shape index (κ3) is 2.64. The molecular formula is C16H18N4O. The highest BCUT2D eigenvalue weighted by Crippen LogP contribution is 2.23. The van der Waals surface area contributed by atoms with Crippen molar-refractivity contribution in [3.63, 3.8) is 0 Å². The van der Waals surface area contributed by atoms with Crippen LogP contribution in [-0.4, -0.2) is 15.1 Å². The van der Waals surface area contributed by atoms with E-state index in [2.05, 4.69) is 15.1 Å². The monoisotopic (exact) mass is 282 g/mol. The zero-order valence-electron chi connectivity index (χ0n) is 12.4. The lowest BCUT2D eigenvalue weighted by Crippen LogP contribution is -2.13. The predicted molar refractivity (Wildman–Crippen MR) is 80.9 cm³/mol. The SMILES string of the molecule is Cc1ccc2cc(C(N)c3noc(C(C)C)n3)ccc2n1. The van der Waals surface area contributed by atoms with Gasteiger partial charge in [-0.05, 0) is 30.7 Å². The van der Waals surface area contributed by atoms with Gasteiger partial charge in [0.25, 0.3) is 0 Å². The largest absolute Gasteiger partial charge is 0.339 e. The molecule has 0 saturated carbocycles. The number of nitrogens with two attached hydrogens (primary N) is 1. The third-order valence-electron chi connectivity index (χ3n) is 3.44. The Bertz CT molecular complexity index is 779. The molecule has 0 spiro atoms. The molecule has 0 radical (unpaired) electrons. The summed E-state index contributed by atoms with van der Waals surface area (Å²) in [5.74, 6) is 1.32. The van der Waals surface area contributed by atoms with Crippen molar-refractivity contribution in [3.8, 4) is 0 Å². The van der Waals surface area contributed by atoms with Crippen LogP contribution in [0.1, 0.15) is 48.8 Å². The molecule has 1 aromatic carbocycles. The van der Waals surface area contributed by atoms with Crippen LogP contribution in [0.5, 0.6) is 0 Å². The van der Waals surface area contributed by atoms with E-state index in [1.807, 2.05) is 51.1 Å². The van der Waals surface area contributed by atoms with Gasteiger partial charge in [-0.15, -0.1) is 0 Å². The summed E-state index contributed by atoms with van der Waals surface area (Å²) in [7, 11) is 0. The minimum atomic E-state index is -0.396. The highest BCUT2D eigenvalue weighted by molar-refractivity contribution is 5.79. The van der Waals surface area contributed by atoms with Crippen molar-refractivity contribution in [2.24, 2.45) is 5.73 Å². The molecule has 0 aliphatic rings. The van der Waals surface area contributed by atoms with Crippen molar-refractivity contribution in [2.75, 3.05) is 0 Å². The van der Waals surface area contributed by atoms with Gasteiger partial charge in [0.2, 0.25) is 5.89 Å². The van der Waals surface area contributed by atoms with E-state index in [9.17, 15) is 0 Å². The molecule has 0 amide bonds. The maximum atomic E-state index is 6.25. The quantitative estimate of drug-likeness (QED) is 0.798. The number of benzene rings is 1.